The van der Waals surface area contributed by atoms with Crippen molar-refractivity contribution < 1.29 is 4.39 Å². The molecule has 0 aliphatic heterocycles. The van der Waals surface area contributed by atoms with Crippen LogP contribution < -0.4 is 0 Å². The van der Waals surface area contributed by atoms with Crippen LogP contribution in [0.3, 0.4) is 0 Å². The lowest BCUT2D eigenvalue weighted by molar-refractivity contribution is 0.616. The van der Waals surface area contributed by atoms with Crippen LogP contribution >= 0.6 is 27.7 Å². The summed E-state index contributed by atoms with van der Waals surface area (Å²) in [5, 5.41) is 0.577. The number of halogens is 2. The zero-order valence-electron chi connectivity index (χ0n) is 6.10. The number of alkyl halides is 1. The van der Waals surface area contributed by atoms with Gasteiger partial charge in [-0.05, 0) is 30.0 Å². The first-order valence-electron chi connectivity index (χ1n) is 3.16. The van der Waals surface area contributed by atoms with E-state index in [1.54, 1.807) is 17.8 Å². The first kappa shape index (κ1) is 9.07. The molecule has 0 aliphatic rings. The van der Waals surface area contributed by atoms with Crippen LogP contribution in [0.15, 0.2) is 23.1 Å². The van der Waals surface area contributed by atoms with Gasteiger partial charge < -0.3 is 0 Å². The van der Waals surface area contributed by atoms with Crippen molar-refractivity contribution in [1.29, 1.82) is 0 Å². The molecule has 0 spiro atoms. The Morgan fingerprint density at radius 2 is 2.27 bits per heavy atom. The summed E-state index contributed by atoms with van der Waals surface area (Å²) in [5.41, 5.74) is 0.719. The average Bonchev–Trinajstić information content (AvgIpc) is 2.05. The summed E-state index contributed by atoms with van der Waals surface area (Å²) in [5.74, 6) is -0.139. The van der Waals surface area contributed by atoms with Gasteiger partial charge in [0, 0.05) is 10.2 Å². The molecule has 0 N–H and O–H groups in total. The fraction of sp³-hybridized carbons (Fsp3) is 0.250. The van der Waals surface area contributed by atoms with E-state index >= 15 is 0 Å². The lowest BCUT2D eigenvalue weighted by Gasteiger charge is -2.00. The zero-order chi connectivity index (χ0) is 8.27. The molecule has 0 atom stereocenters. The molecule has 0 fully saturated rings. The van der Waals surface area contributed by atoms with Crippen LogP contribution in [-0.2, 0) is 5.33 Å². The average molecular weight is 235 g/mol. The Bertz CT molecular complexity index is 250. The highest BCUT2D eigenvalue weighted by Gasteiger charge is 2.00. The maximum atomic E-state index is 12.9. The highest BCUT2D eigenvalue weighted by molar-refractivity contribution is 9.08. The van der Waals surface area contributed by atoms with Gasteiger partial charge in [0.2, 0.25) is 0 Å². The van der Waals surface area contributed by atoms with E-state index < -0.39 is 0 Å². The van der Waals surface area contributed by atoms with Crippen LogP contribution in [0.5, 0.6) is 0 Å². The molecule has 0 amide bonds. The van der Waals surface area contributed by atoms with Gasteiger partial charge in [0.15, 0.2) is 0 Å². The summed E-state index contributed by atoms with van der Waals surface area (Å²) < 4.78 is 12.9. The fourth-order valence-electron chi connectivity index (χ4n) is 0.780. The molecule has 0 radical (unpaired) electrons. The molecular formula is C8H8BrFS. The second kappa shape index (κ2) is 4.12. The minimum atomic E-state index is -0.139. The molecule has 1 aromatic rings. The van der Waals surface area contributed by atoms with Crippen LogP contribution in [-0.4, -0.2) is 6.26 Å². The largest absolute Gasteiger partial charge is 0.207 e. The van der Waals surface area contributed by atoms with Gasteiger partial charge in [0.05, 0.1) is 0 Å². The normalized spacial score (nSPS) is 10.1. The van der Waals surface area contributed by atoms with Crippen LogP contribution in [0.25, 0.3) is 0 Å². The molecule has 1 aromatic carbocycles. The van der Waals surface area contributed by atoms with Crippen LogP contribution in [0.2, 0.25) is 0 Å². The second-order valence-corrected chi connectivity index (χ2v) is 3.53. The fourth-order valence-corrected chi connectivity index (χ4v) is 1.67. The second-order valence-electron chi connectivity index (χ2n) is 2.09. The predicted molar refractivity (Wildman–Crippen MR) is 50.8 cm³/mol. The third-order valence-corrected chi connectivity index (χ3v) is 2.73. The van der Waals surface area contributed by atoms with E-state index in [2.05, 4.69) is 15.9 Å². The number of rotatable bonds is 2. The molecule has 0 aliphatic carbocycles. The maximum absolute atomic E-state index is 12.9. The third kappa shape index (κ3) is 2.20. The van der Waals surface area contributed by atoms with E-state index in [4.69, 9.17) is 0 Å². The minimum Gasteiger partial charge on any atom is -0.207 e. The Balaban J connectivity index is 3.02. The van der Waals surface area contributed by atoms with E-state index in [-0.39, 0.29) is 5.82 Å². The molecular weight excluding hydrogens is 227 g/mol. The molecule has 0 heterocycles. The maximum Gasteiger partial charge on any atom is 0.127 e. The number of benzene rings is 1. The molecule has 11 heavy (non-hydrogen) atoms. The summed E-state index contributed by atoms with van der Waals surface area (Å²) in [4.78, 5) is 1.10. The molecule has 60 valence electrons. The van der Waals surface area contributed by atoms with Gasteiger partial charge in [-0.15, -0.1) is 11.8 Å². The van der Waals surface area contributed by atoms with Gasteiger partial charge in [-0.25, -0.2) is 4.39 Å². The summed E-state index contributed by atoms with van der Waals surface area (Å²) in [7, 11) is 0. The van der Waals surface area contributed by atoms with Crippen molar-refractivity contribution in [2.75, 3.05) is 6.26 Å². The quantitative estimate of drug-likeness (QED) is 0.558. The molecule has 0 unspecified atom stereocenters. The Morgan fingerprint density at radius 3 is 2.82 bits per heavy atom. The van der Waals surface area contributed by atoms with E-state index in [0.717, 1.165) is 10.5 Å². The Labute approximate surface area is 78.3 Å². The SMILES string of the molecule is CSc1ccc(F)c(CBr)c1. The Kier molecular flexibility index (Phi) is 3.40. The van der Waals surface area contributed by atoms with Crippen LogP contribution in [0.1, 0.15) is 5.56 Å². The lowest BCUT2D eigenvalue weighted by atomic mass is 10.2. The van der Waals surface area contributed by atoms with Gasteiger partial charge >= 0.3 is 0 Å². The van der Waals surface area contributed by atoms with Crippen molar-refractivity contribution >= 4 is 27.7 Å². The van der Waals surface area contributed by atoms with Crippen molar-refractivity contribution in [2.24, 2.45) is 0 Å². The van der Waals surface area contributed by atoms with Crippen molar-refractivity contribution in [1.82, 2.24) is 0 Å². The number of hydrogen-bond donors (Lipinski definition) is 0. The molecule has 0 saturated carbocycles. The smallest absolute Gasteiger partial charge is 0.127 e. The first-order chi connectivity index (χ1) is 5.27. The number of hydrogen-bond acceptors (Lipinski definition) is 1. The van der Waals surface area contributed by atoms with Gasteiger partial charge in [0.1, 0.15) is 5.82 Å². The summed E-state index contributed by atoms with van der Waals surface area (Å²) in [6, 6.07) is 5.14. The molecule has 1 rings (SSSR count). The lowest BCUT2D eigenvalue weighted by Crippen LogP contribution is -1.85. The highest BCUT2D eigenvalue weighted by atomic mass is 79.9. The van der Waals surface area contributed by atoms with E-state index in [1.807, 2.05) is 12.3 Å². The molecule has 3 heteroatoms. The van der Waals surface area contributed by atoms with Crippen molar-refractivity contribution in [3.63, 3.8) is 0 Å². The zero-order valence-corrected chi connectivity index (χ0v) is 8.51. The molecule has 0 nitrogen and oxygen atoms in total. The summed E-state index contributed by atoms with van der Waals surface area (Å²) in [6.45, 7) is 0. The Morgan fingerprint density at radius 1 is 1.55 bits per heavy atom. The van der Waals surface area contributed by atoms with Gasteiger partial charge in [-0.1, -0.05) is 15.9 Å². The Hall–Kier alpha value is -0.0200. The standard InChI is InChI=1S/C8H8BrFS/c1-11-7-2-3-8(10)6(4-7)5-9/h2-4H,5H2,1H3. The van der Waals surface area contributed by atoms with E-state index in [1.165, 1.54) is 6.07 Å². The molecule has 0 saturated heterocycles. The van der Waals surface area contributed by atoms with Gasteiger partial charge in [-0.3, -0.25) is 0 Å². The summed E-state index contributed by atoms with van der Waals surface area (Å²) >= 11 is 4.84. The van der Waals surface area contributed by atoms with Gasteiger partial charge in [0.25, 0.3) is 0 Å². The predicted octanol–water partition coefficient (Wildman–Crippen LogP) is 3.44. The monoisotopic (exact) mass is 234 g/mol. The third-order valence-electron chi connectivity index (χ3n) is 1.40. The van der Waals surface area contributed by atoms with Crippen molar-refractivity contribution in [3.05, 3.63) is 29.6 Å². The molecule has 0 bridgehead atoms. The minimum absolute atomic E-state index is 0.139. The van der Waals surface area contributed by atoms with Gasteiger partial charge in [-0.2, -0.15) is 0 Å². The van der Waals surface area contributed by atoms with Crippen LogP contribution in [0, 0.1) is 5.82 Å². The summed E-state index contributed by atoms with van der Waals surface area (Å²) in [6.07, 6.45) is 1.98. The van der Waals surface area contributed by atoms with E-state index in [9.17, 15) is 4.39 Å². The van der Waals surface area contributed by atoms with Crippen LogP contribution in [0.4, 0.5) is 4.39 Å². The first-order valence-corrected chi connectivity index (χ1v) is 5.51. The molecule has 0 aromatic heterocycles. The number of thioether (sulfide) groups is 1. The van der Waals surface area contributed by atoms with Crippen molar-refractivity contribution in [2.45, 2.75) is 10.2 Å². The highest BCUT2D eigenvalue weighted by Crippen LogP contribution is 2.19. The van der Waals surface area contributed by atoms with E-state index in [0.29, 0.717) is 5.33 Å². The topological polar surface area (TPSA) is 0 Å². The van der Waals surface area contributed by atoms with Crippen molar-refractivity contribution in [3.8, 4) is 0 Å².